The molecule has 2 saturated heterocycles. The fraction of sp³-hybridized carbons (Fsp3) is 1.00. The number of hydrogen-bond acceptors (Lipinski definition) is 11. The van der Waals surface area contributed by atoms with E-state index in [0.29, 0.717) is 0 Å². The molecule has 11 heteroatoms. The number of hydrogen-bond donors (Lipinski definition) is 8. The van der Waals surface area contributed by atoms with E-state index in [2.05, 4.69) is 0 Å². The first-order valence-electron chi connectivity index (χ1n) is 7.05. The van der Waals surface area contributed by atoms with E-state index in [4.69, 9.17) is 24.4 Å². The molecule has 0 saturated carbocycles. The standard InChI is InChI=1S/C12H22O11/c13-1-4-6(16)8(18)9(19)11(21-4)23-12(3-15)10(20)7(17)5(2-14)22-12/h4-11,13-20H,1-3H2/t4-,5-,6-,7+,8+,9-,10-,11-,12-/m0/s1. The van der Waals surface area contributed by atoms with Crippen LogP contribution in [0.15, 0.2) is 0 Å². The first-order chi connectivity index (χ1) is 10.8. The van der Waals surface area contributed by atoms with Crippen molar-refractivity contribution in [1.82, 2.24) is 0 Å². The summed E-state index contributed by atoms with van der Waals surface area (Å²) in [5, 5.41) is 76.7. The van der Waals surface area contributed by atoms with E-state index >= 15 is 0 Å². The Kier molecular flexibility index (Phi) is 5.92. The molecule has 0 aromatic heterocycles. The molecule has 23 heavy (non-hydrogen) atoms. The molecule has 8 N–H and O–H groups in total. The lowest BCUT2D eigenvalue weighted by atomic mass is 9.99. The average molecular weight is 342 g/mol. The highest BCUT2D eigenvalue weighted by Crippen LogP contribution is 2.35. The highest BCUT2D eigenvalue weighted by molar-refractivity contribution is 4.98. The molecule has 11 nitrogen and oxygen atoms in total. The van der Waals surface area contributed by atoms with Crippen molar-refractivity contribution < 1.29 is 55.1 Å². The van der Waals surface area contributed by atoms with Crippen LogP contribution in [-0.4, -0.2) is 115 Å². The van der Waals surface area contributed by atoms with Gasteiger partial charge < -0.3 is 55.1 Å². The first kappa shape index (κ1) is 18.9. The maximum atomic E-state index is 10.00. The number of aliphatic hydroxyl groups excluding tert-OH is 8. The van der Waals surface area contributed by atoms with Crippen LogP contribution < -0.4 is 0 Å². The second-order valence-corrected chi connectivity index (χ2v) is 5.56. The summed E-state index contributed by atoms with van der Waals surface area (Å²) < 4.78 is 15.4. The Bertz CT molecular complexity index is 393. The van der Waals surface area contributed by atoms with Crippen LogP contribution >= 0.6 is 0 Å². The first-order valence-corrected chi connectivity index (χ1v) is 7.05. The van der Waals surface area contributed by atoms with Crippen LogP contribution in [0.4, 0.5) is 0 Å². The van der Waals surface area contributed by atoms with Crippen LogP contribution in [0.3, 0.4) is 0 Å². The van der Waals surface area contributed by atoms with Crippen molar-refractivity contribution in [2.75, 3.05) is 19.8 Å². The molecule has 2 aliphatic rings. The predicted octanol–water partition coefficient (Wildman–Crippen LogP) is -5.40. The van der Waals surface area contributed by atoms with Gasteiger partial charge in [-0.25, -0.2) is 0 Å². The lowest BCUT2D eigenvalue weighted by Gasteiger charge is -2.43. The molecule has 2 aliphatic heterocycles. The van der Waals surface area contributed by atoms with Gasteiger partial charge in [-0.2, -0.15) is 0 Å². The summed E-state index contributed by atoms with van der Waals surface area (Å²) in [5.41, 5.74) is 0. The van der Waals surface area contributed by atoms with Crippen LogP contribution in [0.1, 0.15) is 0 Å². The van der Waals surface area contributed by atoms with Crippen LogP contribution in [0.25, 0.3) is 0 Å². The van der Waals surface area contributed by atoms with Crippen molar-refractivity contribution in [2.24, 2.45) is 0 Å². The molecule has 2 heterocycles. The molecule has 0 aromatic carbocycles. The van der Waals surface area contributed by atoms with Crippen LogP contribution in [0.5, 0.6) is 0 Å². The summed E-state index contributed by atoms with van der Waals surface area (Å²) in [4.78, 5) is 0. The Balaban J connectivity index is 2.18. The van der Waals surface area contributed by atoms with Gasteiger partial charge in [0.2, 0.25) is 5.79 Å². The van der Waals surface area contributed by atoms with Gasteiger partial charge in [-0.05, 0) is 0 Å². The SMILES string of the molecule is OC[C@@H]1O[C@@H](O[C@]2(CO)O[C@@H](CO)[C@@H](O)[C@@H]2O)[C@@H](O)[C@H](O)[C@H]1O. The fourth-order valence-corrected chi connectivity index (χ4v) is 2.63. The van der Waals surface area contributed by atoms with Crippen molar-refractivity contribution in [3.63, 3.8) is 0 Å². The largest absolute Gasteiger partial charge is 0.394 e. The van der Waals surface area contributed by atoms with E-state index in [0.717, 1.165) is 0 Å². The quantitative estimate of drug-likeness (QED) is 0.238. The van der Waals surface area contributed by atoms with Gasteiger partial charge in [0.05, 0.1) is 13.2 Å². The molecule has 136 valence electrons. The molecule has 0 radical (unpaired) electrons. The smallest absolute Gasteiger partial charge is 0.224 e. The van der Waals surface area contributed by atoms with Gasteiger partial charge in [0, 0.05) is 0 Å². The summed E-state index contributed by atoms with van der Waals surface area (Å²) in [6.07, 6.45) is -12.7. The molecule has 2 rings (SSSR count). The Morgan fingerprint density at radius 1 is 0.783 bits per heavy atom. The number of rotatable bonds is 5. The van der Waals surface area contributed by atoms with Gasteiger partial charge in [-0.15, -0.1) is 0 Å². The summed E-state index contributed by atoms with van der Waals surface area (Å²) in [7, 11) is 0. The maximum absolute atomic E-state index is 10.00. The average Bonchev–Trinajstić information content (AvgIpc) is 2.80. The van der Waals surface area contributed by atoms with Crippen LogP contribution in [0.2, 0.25) is 0 Å². The minimum atomic E-state index is -2.22. The Morgan fingerprint density at radius 2 is 1.39 bits per heavy atom. The van der Waals surface area contributed by atoms with E-state index in [1.54, 1.807) is 0 Å². The van der Waals surface area contributed by atoms with E-state index in [1.165, 1.54) is 0 Å². The highest BCUT2D eigenvalue weighted by Gasteiger charge is 2.58. The topological polar surface area (TPSA) is 190 Å². The Hall–Kier alpha value is -0.440. The lowest BCUT2D eigenvalue weighted by Crippen LogP contribution is -2.62. The van der Waals surface area contributed by atoms with Gasteiger partial charge in [0.1, 0.15) is 49.3 Å². The van der Waals surface area contributed by atoms with Gasteiger partial charge in [0.25, 0.3) is 0 Å². The van der Waals surface area contributed by atoms with Crippen molar-refractivity contribution in [3.8, 4) is 0 Å². The number of aliphatic hydroxyl groups is 8. The molecule has 2 fully saturated rings. The maximum Gasteiger partial charge on any atom is 0.224 e. The molecular formula is C12H22O11. The Morgan fingerprint density at radius 3 is 1.87 bits per heavy atom. The van der Waals surface area contributed by atoms with E-state index in [9.17, 15) is 30.6 Å². The van der Waals surface area contributed by atoms with Gasteiger partial charge >= 0.3 is 0 Å². The normalized spacial score (nSPS) is 51.1. The van der Waals surface area contributed by atoms with Crippen LogP contribution in [-0.2, 0) is 14.2 Å². The zero-order valence-corrected chi connectivity index (χ0v) is 12.0. The zero-order valence-electron chi connectivity index (χ0n) is 12.0. The van der Waals surface area contributed by atoms with Crippen LogP contribution in [0, 0.1) is 0 Å². The molecule has 0 spiro atoms. The lowest BCUT2D eigenvalue weighted by molar-refractivity contribution is -0.383. The third-order valence-corrected chi connectivity index (χ3v) is 4.07. The van der Waals surface area contributed by atoms with Crippen molar-refractivity contribution >= 4 is 0 Å². The second-order valence-electron chi connectivity index (χ2n) is 5.56. The second kappa shape index (κ2) is 7.21. The van der Waals surface area contributed by atoms with E-state index < -0.39 is 74.6 Å². The summed E-state index contributed by atoms with van der Waals surface area (Å²) in [6.45, 7) is -2.32. The van der Waals surface area contributed by atoms with Gasteiger partial charge in [0.15, 0.2) is 6.29 Å². The molecule has 9 atom stereocenters. The van der Waals surface area contributed by atoms with Gasteiger partial charge in [-0.1, -0.05) is 0 Å². The highest BCUT2D eigenvalue weighted by atomic mass is 16.8. The molecule has 0 unspecified atom stereocenters. The van der Waals surface area contributed by atoms with Crippen molar-refractivity contribution in [2.45, 2.75) is 54.8 Å². The Labute approximate surface area is 130 Å². The minimum Gasteiger partial charge on any atom is -0.394 e. The number of ether oxygens (including phenoxy) is 3. The van der Waals surface area contributed by atoms with Gasteiger partial charge in [-0.3, -0.25) is 0 Å². The van der Waals surface area contributed by atoms with Crippen molar-refractivity contribution in [1.29, 1.82) is 0 Å². The van der Waals surface area contributed by atoms with Crippen molar-refractivity contribution in [3.05, 3.63) is 0 Å². The summed E-state index contributed by atoms with van der Waals surface area (Å²) in [6, 6.07) is 0. The molecule has 0 bridgehead atoms. The monoisotopic (exact) mass is 342 g/mol. The minimum absolute atomic E-state index is 0.669. The fourth-order valence-electron chi connectivity index (χ4n) is 2.63. The zero-order chi connectivity index (χ0) is 17.4. The molecule has 0 aromatic rings. The van der Waals surface area contributed by atoms with E-state index in [-0.39, 0.29) is 0 Å². The third-order valence-electron chi connectivity index (χ3n) is 4.07. The molecule has 0 aliphatic carbocycles. The predicted molar refractivity (Wildman–Crippen MR) is 68.6 cm³/mol. The molecule has 0 amide bonds. The summed E-state index contributed by atoms with van der Waals surface area (Å²) >= 11 is 0. The third kappa shape index (κ3) is 3.23. The summed E-state index contributed by atoms with van der Waals surface area (Å²) in [5.74, 6) is -2.22. The van der Waals surface area contributed by atoms with E-state index in [1.807, 2.05) is 0 Å². The molecular weight excluding hydrogens is 320 g/mol.